The Balaban J connectivity index is 4.04. The fourth-order valence-corrected chi connectivity index (χ4v) is 0.732. The van der Waals surface area contributed by atoms with Gasteiger partial charge in [0.05, 0.1) is 0 Å². The molecule has 9 heavy (non-hydrogen) atoms. The molecule has 0 rings (SSSR count). The van der Waals surface area contributed by atoms with Gasteiger partial charge in [0.2, 0.25) is 0 Å². The molecule has 0 heterocycles. The van der Waals surface area contributed by atoms with E-state index in [4.69, 9.17) is 14.7 Å². The van der Waals surface area contributed by atoms with Crippen molar-refractivity contribution in [1.29, 1.82) is 0 Å². The van der Waals surface area contributed by atoms with E-state index in [1.165, 1.54) is 0 Å². The van der Waals surface area contributed by atoms with Gasteiger partial charge in [-0.3, -0.25) is 4.79 Å². The van der Waals surface area contributed by atoms with Gasteiger partial charge in [-0.1, -0.05) is 0 Å². The average Bonchev–Trinajstić information content (AvgIpc) is 1.62. The van der Waals surface area contributed by atoms with Crippen LogP contribution >= 0.6 is 23.9 Å². The lowest BCUT2D eigenvalue weighted by molar-refractivity contribution is -0.115. The van der Waals surface area contributed by atoms with Crippen LogP contribution in [0.3, 0.4) is 0 Å². The van der Waals surface area contributed by atoms with Gasteiger partial charge >= 0.3 is 7.94 Å². The Bertz CT molecular complexity index is 119. The Hall–Kier alpha value is 0.460. The van der Waals surface area contributed by atoms with Crippen molar-refractivity contribution in [2.45, 2.75) is 11.5 Å². The van der Waals surface area contributed by atoms with Gasteiger partial charge in [-0.2, -0.15) is 14.7 Å². The fourth-order valence-electron chi connectivity index (χ4n) is 0.244. The Morgan fingerprint density at radius 1 is 1.56 bits per heavy atom. The smallest absolute Gasteiger partial charge is 0.294 e. The molecule has 1 atom stereocenters. The molecule has 3 N–H and O–H groups in total. The molecule has 0 aliphatic heterocycles. The summed E-state index contributed by atoms with van der Waals surface area (Å²) >= 11 is 2.61. The van der Waals surface area contributed by atoms with Crippen LogP contribution in [0.4, 0.5) is 0 Å². The average molecular weight is 218 g/mol. The van der Waals surface area contributed by atoms with Crippen LogP contribution in [0, 0.1) is 0 Å². The monoisotopic (exact) mass is 217 g/mol. The first kappa shape index (κ1) is 9.46. The number of ketones is 1. The molecule has 54 valence electrons. The molecule has 0 aliphatic rings. The van der Waals surface area contributed by atoms with Crippen LogP contribution in [0.5, 0.6) is 0 Å². The van der Waals surface area contributed by atoms with Gasteiger partial charge in [-0.25, -0.2) is 0 Å². The molecule has 0 unspecified atom stereocenters. The molecule has 0 spiro atoms. The summed E-state index contributed by atoms with van der Waals surface area (Å²) in [7, 11) is -4.00. The van der Waals surface area contributed by atoms with Crippen LogP contribution in [0.15, 0.2) is 0 Å². The first-order valence-electron chi connectivity index (χ1n) is 2.07. The maximum absolute atomic E-state index is 10.3. The van der Waals surface area contributed by atoms with Crippen molar-refractivity contribution < 1.29 is 19.5 Å². The van der Waals surface area contributed by atoms with E-state index in [-0.39, 0.29) is 0 Å². The number of hydrogen-bond acceptors (Lipinski definition) is 4. The number of hydrogen-bond donors (Lipinski definition) is 3. The highest BCUT2D eigenvalue weighted by atomic mass is 79.9. The predicted molar refractivity (Wildman–Crippen MR) is 37.0 cm³/mol. The lowest BCUT2D eigenvalue weighted by Crippen LogP contribution is -2.13. The molecule has 0 aromatic heterocycles. The molecule has 0 bridgehead atoms. The van der Waals surface area contributed by atoms with Crippen LogP contribution in [0.1, 0.15) is 6.92 Å². The van der Waals surface area contributed by atoms with Gasteiger partial charge in [-0.15, -0.1) is 0 Å². The highest BCUT2D eigenvalue weighted by molar-refractivity contribution is 9.11. The molecule has 0 aliphatic carbocycles. The van der Waals surface area contributed by atoms with E-state index in [1.54, 1.807) is 0 Å². The topological polar surface area (TPSA) is 77.8 Å². The zero-order chi connectivity index (χ0) is 7.65. The molecular weight excluding hydrogens is 211 g/mol. The second kappa shape index (κ2) is 3.03. The minimum Gasteiger partial charge on any atom is -0.294 e. The van der Waals surface area contributed by atoms with Gasteiger partial charge in [-0.05, 0) is 22.9 Å². The number of Topliss-reactive ketones (excluding diaryl/α,β-unsaturated/α-hetero) is 1. The molecule has 4 nitrogen and oxygen atoms in total. The maximum atomic E-state index is 10.3. The predicted octanol–water partition coefficient (Wildman–Crippen LogP) is 0.0359. The lowest BCUT2D eigenvalue weighted by Gasteiger charge is -2.05. The van der Waals surface area contributed by atoms with Gasteiger partial charge < -0.3 is 0 Å². The van der Waals surface area contributed by atoms with Crippen molar-refractivity contribution in [2.24, 2.45) is 0 Å². The molecule has 0 aromatic carbocycles. The molecule has 0 amide bonds. The van der Waals surface area contributed by atoms with Crippen molar-refractivity contribution in [2.75, 3.05) is 0 Å². The van der Waals surface area contributed by atoms with Gasteiger partial charge in [0.1, 0.15) is 0 Å². The third-order valence-corrected chi connectivity index (χ3v) is 3.90. The Kier molecular flexibility index (Phi) is 3.19. The third-order valence-electron chi connectivity index (χ3n) is 0.640. The van der Waals surface area contributed by atoms with Crippen molar-refractivity contribution in [3.63, 3.8) is 0 Å². The zero-order valence-corrected chi connectivity index (χ0v) is 7.13. The van der Waals surface area contributed by atoms with Crippen molar-refractivity contribution in [3.8, 4) is 0 Å². The van der Waals surface area contributed by atoms with Crippen molar-refractivity contribution in [1.82, 2.24) is 0 Å². The summed E-state index contributed by atoms with van der Waals surface area (Å²) in [5.41, 5.74) is 0. The molecule has 0 fully saturated rings. The summed E-state index contributed by atoms with van der Waals surface area (Å²) in [5, 5.41) is 0. The maximum Gasteiger partial charge on any atom is 0.425 e. The van der Waals surface area contributed by atoms with Gasteiger partial charge in [0, 0.05) is 0 Å². The molecule has 0 aromatic rings. The van der Waals surface area contributed by atoms with E-state index < -0.39 is 18.3 Å². The third kappa shape index (κ3) is 3.23. The van der Waals surface area contributed by atoms with E-state index >= 15 is 0 Å². The SMILES string of the molecule is CC(=O)[C@@H](Br)[P+](O)(O)O. The first-order chi connectivity index (χ1) is 3.85. The number of alkyl halides is 1. The van der Waals surface area contributed by atoms with E-state index in [9.17, 15) is 4.79 Å². The highest BCUT2D eigenvalue weighted by Gasteiger charge is 2.44. The van der Waals surface area contributed by atoms with Crippen LogP contribution in [-0.4, -0.2) is 25.0 Å². The summed E-state index contributed by atoms with van der Waals surface area (Å²) < 4.78 is -1.23. The lowest BCUT2D eigenvalue weighted by atomic mass is 10.5. The van der Waals surface area contributed by atoms with Crippen molar-refractivity contribution >= 4 is 29.7 Å². The van der Waals surface area contributed by atoms with E-state index in [0.29, 0.717) is 0 Å². The molecule has 0 saturated carbocycles. The van der Waals surface area contributed by atoms with Crippen LogP contribution in [-0.2, 0) is 4.79 Å². The second-order valence-corrected chi connectivity index (χ2v) is 4.93. The quantitative estimate of drug-likeness (QED) is 0.451. The van der Waals surface area contributed by atoms with Crippen molar-refractivity contribution in [3.05, 3.63) is 0 Å². The highest BCUT2D eigenvalue weighted by Crippen LogP contribution is 2.53. The molecular formula is C3H7BrO4P+. The molecule has 0 radical (unpaired) electrons. The minimum absolute atomic E-state index is 0.504. The minimum atomic E-state index is -4.00. The van der Waals surface area contributed by atoms with Crippen LogP contribution in [0.25, 0.3) is 0 Å². The standard InChI is InChI=1S/C3H7BrO4P/c1-2(5)3(4)9(6,7)8/h3,6-8H,1H3/q+1/t3-/m0/s1. The van der Waals surface area contributed by atoms with Crippen LogP contribution < -0.4 is 0 Å². The fraction of sp³-hybridized carbons (Fsp3) is 0.667. The Morgan fingerprint density at radius 2 is 1.89 bits per heavy atom. The zero-order valence-electron chi connectivity index (χ0n) is 4.65. The number of carbonyl (C=O) groups is 1. The largest absolute Gasteiger partial charge is 0.425 e. The number of rotatable bonds is 2. The number of carbonyl (C=O) groups excluding carboxylic acids is 1. The van der Waals surface area contributed by atoms with E-state index in [0.717, 1.165) is 6.92 Å². The Morgan fingerprint density at radius 3 is 1.89 bits per heavy atom. The first-order valence-corrected chi connectivity index (χ1v) is 4.70. The van der Waals surface area contributed by atoms with E-state index in [2.05, 4.69) is 15.9 Å². The van der Waals surface area contributed by atoms with E-state index in [1.807, 2.05) is 0 Å². The summed E-state index contributed by atoms with van der Waals surface area (Å²) in [4.78, 5) is 35.5. The van der Waals surface area contributed by atoms with Gasteiger partial charge in [0.15, 0.2) is 5.78 Å². The summed E-state index contributed by atoms with van der Waals surface area (Å²) in [6, 6.07) is 0. The normalized spacial score (nSPS) is 15.2. The molecule has 6 heteroatoms. The number of halogens is 1. The van der Waals surface area contributed by atoms with Gasteiger partial charge in [0.25, 0.3) is 4.57 Å². The summed E-state index contributed by atoms with van der Waals surface area (Å²) in [6.45, 7) is 1.15. The second-order valence-electron chi connectivity index (χ2n) is 1.56. The summed E-state index contributed by atoms with van der Waals surface area (Å²) in [5.74, 6) is -0.504. The summed E-state index contributed by atoms with van der Waals surface area (Å²) in [6.07, 6.45) is 0. The van der Waals surface area contributed by atoms with Crippen LogP contribution in [0.2, 0.25) is 0 Å². The Labute approximate surface area is 61.2 Å². The molecule has 0 saturated heterocycles.